The molecule has 104 valence electrons. The third kappa shape index (κ3) is 2.21. The molecule has 1 aliphatic heterocycles. The van der Waals surface area contributed by atoms with Crippen LogP contribution >= 0.6 is 11.3 Å². The first-order valence-corrected chi connectivity index (χ1v) is 8.17. The van der Waals surface area contributed by atoms with E-state index < -0.39 is 0 Å². The van der Waals surface area contributed by atoms with Crippen molar-refractivity contribution in [3.05, 3.63) is 21.9 Å². The SMILES string of the molecule is CC1c2ccsc2CCN1C(=O)[C@@H]1CCC[C@@H]1CN. The van der Waals surface area contributed by atoms with Crippen LogP contribution in [0, 0.1) is 11.8 Å². The predicted octanol–water partition coefficient (Wildman–Crippen LogP) is 2.57. The Bertz CT molecular complexity index is 470. The van der Waals surface area contributed by atoms with Gasteiger partial charge in [-0.25, -0.2) is 0 Å². The van der Waals surface area contributed by atoms with E-state index in [1.54, 1.807) is 0 Å². The predicted molar refractivity (Wildman–Crippen MR) is 78.0 cm³/mol. The first-order valence-electron chi connectivity index (χ1n) is 7.29. The Morgan fingerprint density at radius 1 is 1.53 bits per heavy atom. The standard InChI is InChI=1S/C15H22N2OS/c1-10-12-6-8-19-14(12)5-7-17(10)15(18)13-4-2-3-11(13)9-16/h6,8,10-11,13H,2-5,7,9,16H2,1H3/t10?,11-,13-/m1/s1. The molecule has 1 fully saturated rings. The summed E-state index contributed by atoms with van der Waals surface area (Å²) in [7, 11) is 0. The van der Waals surface area contributed by atoms with Crippen molar-refractivity contribution in [2.75, 3.05) is 13.1 Å². The maximum absolute atomic E-state index is 12.8. The molecule has 2 heterocycles. The van der Waals surface area contributed by atoms with Crippen molar-refractivity contribution in [2.45, 2.75) is 38.6 Å². The Morgan fingerprint density at radius 3 is 3.16 bits per heavy atom. The van der Waals surface area contributed by atoms with Crippen molar-refractivity contribution < 1.29 is 4.79 Å². The van der Waals surface area contributed by atoms with Crippen molar-refractivity contribution in [3.8, 4) is 0 Å². The molecule has 3 nitrogen and oxygen atoms in total. The highest BCUT2D eigenvalue weighted by atomic mass is 32.1. The highest BCUT2D eigenvalue weighted by molar-refractivity contribution is 7.10. The van der Waals surface area contributed by atoms with Crippen molar-refractivity contribution >= 4 is 17.2 Å². The first kappa shape index (κ1) is 13.1. The van der Waals surface area contributed by atoms with Gasteiger partial charge in [-0.2, -0.15) is 0 Å². The molecule has 0 saturated heterocycles. The van der Waals surface area contributed by atoms with Crippen LogP contribution in [-0.2, 0) is 11.2 Å². The second-order valence-corrected chi connectivity index (χ2v) is 6.79. The topological polar surface area (TPSA) is 46.3 Å². The van der Waals surface area contributed by atoms with Crippen LogP contribution < -0.4 is 5.73 Å². The van der Waals surface area contributed by atoms with Crippen LogP contribution in [-0.4, -0.2) is 23.9 Å². The molecule has 19 heavy (non-hydrogen) atoms. The lowest BCUT2D eigenvalue weighted by atomic mass is 9.92. The van der Waals surface area contributed by atoms with Crippen molar-refractivity contribution in [2.24, 2.45) is 17.6 Å². The largest absolute Gasteiger partial charge is 0.335 e. The summed E-state index contributed by atoms with van der Waals surface area (Å²) in [6.07, 6.45) is 4.33. The summed E-state index contributed by atoms with van der Waals surface area (Å²) in [5, 5.41) is 2.15. The average Bonchev–Trinajstić information content (AvgIpc) is 3.07. The van der Waals surface area contributed by atoms with Crippen molar-refractivity contribution in [3.63, 3.8) is 0 Å². The van der Waals surface area contributed by atoms with E-state index in [0.29, 0.717) is 18.4 Å². The Hall–Kier alpha value is -0.870. The molecule has 1 aromatic rings. The Balaban J connectivity index is 1.78. The van der Waals surface area contributed by atoms with E-state index in [1.807, 2.05) is 11.3 Å². The van der Waals surface area contributed by atoms with Gasteiger partial charge in [0.1, 0.15) is 0 Å². The third-order valence-corrected chi connectivity index (χ3v) is 5.84. The van der Waals surface area contributed by atoms with Crippen molar-refractivity contribution in [1.82, 2.24) is 4.90 Å². The number of rotatable bonds is 2. The molecule has 0 radical (unpaired) electrons. The number of nitrogens with zero attached hydrogens (tertiary/aromatic N) is 1. The average molecular weight is 278 g/mol. The van der Waals surface area contributed by atoms with E-state index >= 15 is 0 Å². The fourth-order valence-corrected chi connectivity index (χ4v) is 4.63. The summed E-state index contributed by atoms with van der Waals surface area (Å²) >= 11 is 1.82. The quantitative estimate of drug-likeness (QED) is 0.903. The van der Waals surface area contributed by atoms with Crippen LogP contribution in [0.3, 0.4) is 0 Å². The van der Waals surface area contributed by atoms with Crippen LogP contribution in [0.2, 0.25) is 0 Å². The van der Waals surface area contributed by atoms with Crippen LogP contribution in [0.25, 0.3) is 0 Å². The molecular formula is C15H22N2OS. The molecule has 1 unspecified atom stereocenters. The van der Waals surface area contributed by atoms with Crippen LogP contribution in [0.4, 0.5) is 0 Å². The van der Waals surface area contributed by atoms with Gasteiger partial charge in [-0.3, -0.25) is 4.79 Å². The summed E-state index contributed by atoms with van der Waals surface area (Å²) in [6, 6.07) is 2.42. The van der Waals surface area contributed by atoms with Gasteiger partial charge in [0.25, 0.3) is 0 Å². The maximum atomic E-state index is 12.8. The highest BCUT2D eigenvalue weighted by Gasteiger charge is 2.37. The lowest BCUT2D eigenvalue weighted by Crippen LogP contribution is -2.43. The van der Waals surface area contributed by atoms with Crippen LogP contribution in [0.15, 0.2) is 11.4 Å². The zero-order chi connectivity index (χ0) is 13.4. The first-order chi connectivity index (χ1) is 9.22. The fraction of sp³-hybridized carbons (Fsp3) is 0.667. The number of carbonyl (C=O) groups excluding carboxylic acids is 1. The van der Waals surface area contributed by atoms with E-state index in [2.05, 4.69) is 23.3 Å². The summed E-state index contributed by atoms with van der Waals surface area (Å²) < 4.78 is 0. The number of amides is 1. The zero-order valence-corrected chi connectivity index (χ0v) is 12.3. The number of fused-ring (bicyclic) bond motifs is 1. The van der Waals surface area contributed by atoms with Crippen molar-refractivity contribution in [1.29, 1.82) is 0 Å². The Kier molecular flexibility index (Phi) is 3.63. The van der Waals surface area contributed by atoms with E-state index in [-0.39, 0.29) is 12.0 Å². The highest BCUT2D eigenvalue weighted by Crippen LogP contribution is 2.38. The zero-order valence-electron chi connectivity index (χ0n) is 11.5. The normalized spacial score (nSPS) is 30.4. The molecule has 2 aliphatic rings. The third-order valence-electron chi connectivity index (χ3n) is 4.84. The van der Waals surface area contributed by atoms with Gasteiger partial charge in [0.2, 0.25) is 5.91 Å². The molecule has 1 saturated carbocycles. The molecule has 0 aromatic carbocycles. The van der Waals surface area contributed by atoms with Gasteiger partial charge in [-0.15, -0.1) is 11.3 Å². The second kappa shape index (κ2) is 5.25. The molecule has 1 aromatic heterocycles. The maximum Gasteiger partial charge on any atom is 0.226 e. The minimum Gasteiger partial charge on any atom is -0.335 e. The lowest BCUT2D eigenvalue weighted by molar-refractivity contribution is -0.139. The lowest BCUT2D eigenvalue weighted by Gasteiger charge is -2.36. The van der Waals surface area contributed by atoms with Gasteiger partial charge in [0, 0.05) is 17.3 Å². The summed E-state index contributed by atoms with van der Waals surface area (Å²) in [6.45, 7) is 3.69. The van der Waals surface area contributed by atoms with E-state index in [0.717, 1.165) is 32.2 Å². The van der Waals surface area contributed by atoms with E-state index in [4.69, 9.17) is 5.73 Å². The van der Waals surface area contributed by atoms with Gasteiger partial charge in [-0.1, -0.05) is 6.42 Å². The summed E-state index contributed by atoms with van der Waals surface area (Å²) in [5.41, 5.74) is 7.17. The number of hydrogen-bond acceptors (Lipinski definition) is 3. The molecule has 4 heteroatoms. The Labute approximate surface area is 118 Å². The van der Waals surface area contributed by atoms with Crippen LogP contribution in [0.5, 0.6) is 0 Å². The van der Waals surface area contributed by atoms with Gasteiger partial charge in [0.05, 0.1) is 6.04 Å². The van der Waals surface area contributed by atoms with Gasteiger partial charge in [-0.05, 0) is 55.7 Å². The smallest absolute Gasteiger partial charge is 0.226 e. The van der Waals surface area contributed by atoms with E-state index in [9.17, 15) is 4.79 Å². The monoisotopic (exact) mass is 278 g/mol. The fourth-order valence-electron chi connectivity index (χ4n) is 3.67. The van der Waals surface area contributed by atoms with E-state index in [1.165, 1.54) is 10.4 Å². The molecule has 2 N–H and O–H groups in total. The minimum absolute atomic E-state index is 0.174. The molecular weight excluding hydrogens is 256 g/mol. The van der Waals surface area contributed by atoms with Gasteiger partial charge < -0.3 is 10.6 Å². The molecule has 0 bridgehead atoms. The number of hydrogen-bond donors (Lipinski definition) is 1. The minimum atomic E-state index is 0.174. The van der Waals surface area contributed by atoms with Gasteiger partial charge in [0.15, 0.2) is 0 Å². The van der Waals surface area contributed by atoms with Gasteiger partial charge >= 0.3 is 0 Å². The summed E-state index contributed by atoms with van der Waals surface area (Å²) in [5.74, 6) is 0.925. The molecule has 1 aliphatic carbocycles. The number of thiophene rings is 1. The second-order valence-electron chi connectivity index (χ2n) is 5.79. The van der Waals surface area contributed by atoms with Crippen LogP contribution in [0.1, 0.15) is 42.7 Å². The summed E-state index contributed by atoms with van der Waals surface area (Å²) in [4.78, 5) is 16.3. The molecule has 1 amide bonds. The number of nitrogens with two attached hydrogens (primary N) is 1. The molecule has 3 atom stereocenters. The molecule has 0 spiro atoms. The number of carbonyl (C=O) groups is 1. The Morgan fingerprint density at radius 2 is 2.37 bits per heavy atom. The molecule has 3 rings (SSSR count).